The topological polar surface area (TPSA) is 79.1 Å². The first-order valence-electron chi connectivity index (χ1n) is 13.9. The Hall–Kier alpha value is -3.37. The summed E-state index contributed by atoms with van der Waals surface area (Å²) in [4.78, 5) is 32.5. The number of allylic oxidation sites excluding steroid dienone is 1. The molecule has 7 nitrogen and oxygen atoms in total. The van der Waals surface area contributed by atoms with E-state index in [1.54, 1.807) is 36.6 Å². The van der Waals surface area contributed by atoms with Crippen molar-refractivity contribution in [2.75, 3.05) is 6.61 Å². The summed E-state index contributed by atoms with van der Waals surface area (Å²) in [5, 5.41) is 0.948. The Morgan fingerprint density at radius 3 is 2.57 bits per heavy atom. The van der Waals surface area contributed by atoms with E-state index in [4.69, 9.17) is 37.4 Å². The molecule has 2 heterocycles. The maximum absolute atomic E-state index is 14.0. The molecule has 0 saturated carbocycles. The number of rotatable bonds is 9. The van der Waals surface area contributed by atoms with E-state index < -0.39 is 12.0 Å². The highest BCUT2D eigenvalue weighted by Gasteiger charge is 2.35. The number of aromatic nitrogens is 1. The van der Waals surface area contributed by atoms with Gasteiger partial charge in [-0.3, -0.25) is 9.36 Å². The minimum atomic E-state index is -0.772. The highest BCUT2D eigenvalue weighted by Crippen LogP contribution is 2.36. The van der Waals surface area contributed by atoms with Crippen molar-refractivity contribution in [3.05, 3.63) is 123 Å². The second-order valence-electron chi connectivity index (χ2n) is 10.2. The second-order valence-corrected chi connectivity index (χ2v) is 12.9. The second kappa shape index (κ2) is 13.7. The van der Waals surface area contributed by atoms with E-state index in [1.807, 2.05) is 62.4 Å². The van der Waals surface area contributed by atoms with E-state index in [0.29, 0.717) is 54.3 Å². The van der Waals surface area contributed by atoms with Crippen molar-refractivity contribution in [1.29, 1.82) is 0 Å². The van der Waals surface area contributed by atoms with Crippen LogP contribution in [-0.4, -0.2) is 23.2 Å². The number of carbonyl (C=O) groups is 1. The Labute approximate surface area is 277 Å². The summed E-state index contributed by atoms with van der Waals surface area (Å²) in [5.41, 5.74) is 2.86. The molecule has 228 valence electrons. The zero-order valence-electron chi connectivity index (χ0n) is 24.4. The number of ether oxygens (including phenoxy) is 3. The van der Waals surface area contributed by atoms with E-state index in [0.717, 1.165) is 15.6 Å². The Morgan fingerprint density at radius 2 is 1.86 bits per heavy atom. The number of esters is 1. The van der Waals surface area contributed by atoms with E-state index in [1.165, 1.54) is 11.3 Å². The fourth-order valence-corrected chi connectivity index (χ4v) is 6.70. The van der Waals surface area contributed by atoms with Crippen LogP contribution in [0.4, 0.5) is 0 Å². The van der Waals surface area contributed by atoms with Crippen molar-refractivity contribution in [2.45, 2.75) is 46.4 Å². The van der Waals surface area contributed by atoms with Gasteiger partial charge in [0.05, 0.1) is 43.0 Å². The summed E-state index contributed by atoms with van der Waals surface area (Å²) < 4.78 is 20.2. The lowest BCUT2D eigenvalue weighted by molar-refractivity contribution is -0.139. The van der Waals surface area contributed by atoms with E-state index in [-0.39, 0.29) is 18.3 Å². The van der Waals surface area contributed by atoms with Crippen LogP contribution in [-0.2, 0) is 16.1 Å². The first kappa shape index (κ1) is 32.0. The van der Waals surface area contributed by atoms with Gasteiger partial charge in [-0.25, -0.2) is 9.79 Å². The van der Waals surface area contributed by atoms with Gasteiger partial charge in [0.1, 0.15) is 24.1 Å². The molecule has 5 rings (SSSR count). The molecule has 0 N–H and O–H groups in total. The van der Waals surface area contributed by atoms with Crippen molar-refractivity contribution in [2.24, 2.45) is 4.99 Å². The van der Waals surface area contributed by atoms with Gasteiger partial charge in [0, 0.05) is 5.56 Å². The SMILES string of the molecule is CCOC(=O)C1=C(C)N=c2s/c(=C/c3ccc(OCc4ccc(Cl)c(Cl)c4)c(Br)c3)c(=O)n2[C@@H]1c1ccccc1OC(C)C. The van der Waals surface area contributed by atoms with Gasteiger partial charge in [0.25, 0.3) is 5.56 Å². The predicted molar refractivity (Wildman–Crippen MR) is 178 cm³/mol. The van der Waals surface area contributed by atoms with Crippen molar-refractivity contribution in [1.82, 2.24) is 4.57 Å². The van der Waals surface area contributed by atoms with Crippen LogP contribution < -0.4 is 24.4 Å². The largest absolute Gasteiger partial charge is 0.491 e. The third-order valence-electron chi connectivity index (χ3n) is 6.73. The van der Waals surface area contributed by atoms with E-state index in [9.17, 15) is 9.59 Å². The van der Waals surface area contributed by atoms with Gasteiger partial charge < -0.3 is 14.2 Å². The van der Waals surface area contributed by atoms with Crippen molar-refractivity contribution in [3.63, 3.8) is 0 Å². The average molecular weight is 716 g/mol. The third kappa shape index (κ3) is 6.81. The average Bonchev–Trinajstić information content (AvgIpc) is 3.27. The Kier molecular flexibility index (Phi) is 10.00. The van der Waals surface area contributed by atoms with Gasteiger partial charge in [0.2, 0.25) is 0 Å². The van der Waals surface area contributed by atoms with Crippen LogP contribution in [0.15, 0.2) is 86.2 Å². The molecule has 0 unspecified atom stereocenters. The minimum Gasteiger partial charge on any atom is -0.491 e. The van der Waals surface area contributed by atoms with Crippen LogP contribution in [0.25, 0.3) is 6.08 Å². The number of benzene rings is 3. The minimum absolute atomic E-state index is 0.113. The first-order valence-corrected chi connectivity index (χ1v) is 16.3. The highest BCUT2D eigenvalue weighted by atomic mass is 79.9. The standard InChI is InChI=1S/C33H29BrCl2N2O5S/c1-5-41-32(40)29-19(4)37-33-38(30(29)22-8-6-7-9-26(22)43-18(2)3)31(39)28(44-33)16-20-11-13-27(23(34)14-20)42-17-21-10-12-24(35)25(36)15-21/h6-16,18,30H,5,17H2,1-4H3/b28-16+/t30-/m1/s1. The zero-order valence-corrected chi connectivity index (χ0v) is 28.3. The zero-order chi connectivity index (χ0) is 31.5. The molecule has 44 heavy (non-hydrogen) atoms. The normalized spacial score (nSPS) is 14.8. The van der Waals surface area contributed by atoms with Crippen molar-refractivity contribution >= 4 is 62.5 Å². The molecular formula is C33H29BrCl2N2O5S. The molecule has 0 saturated heterocycles. The monoisotopic (exact) mass is 714 g/mol. The van der Waals surface area contributed by atoms with Gasteiger partial charge >= 0.3 is 5.97 Å². The fourth-order valence-electron chi connectivity index (χ4n) is 4.82. The summed E-state index contributed by atoms with van der Waals surface area (Å²) in [6, 6.07) is 17.6. The number of thiazole rings is 1. The van der Waals surface area contributed by atoms with Gasteiger partial charge in [-0.05, 0) is 91.2 Å². The molecule has 0 aliphatic carbocycles. The molecule has 4 aromatic rings. The van der Waals surface area contributed by atoms with E-state index in [2.05, 4.69) is 20.9 Å². The molecule has 0 radical (unpaired) electrons. The first-order chi connectivity index (χ1) is 21.1. The molecule has 3 aromatic carbocycles. The van der Waals surface area contributed by atoms with Crippen LogP contribution in [0, 0.1) is 0 Å². The van der Waals surface area contributed by atoms with Gasteiger partial charge in [-0.15, -0.1) is 0 Å². The fraction of sp³-hybridized carbons (Fsp3) is 0.242. The Bertz CT molecular complexity index is 1950. The van der Waals surface area contributed by atoms with Crippen LogP contribution >= 0.6 is 50.5 Å². The number of hydrogen-bond acceptors (Lipinski definition) is 7. The summed E-state index contributed by atoms with van der Waals surface area (Å²) in [7, 11) is 0. The van der Waals surface area contributed by atoms with Crippen LogP contribution in [0.3, 0.4) is 0 Å². The summed E-state index contributed by atoms with van der Waals surface area (Å²) in [6.45, 7) is 7.86. The quantitative estimate of drug-likeness (QED) is 0.171. The molecule has 11 heteroatoms. The molecule has 1 aliphatic heterocycles. The highest BCUT2D eigenvalue weighted by molar-refractivity contribution is 9.10. The van der Waals surface area contributed by atoms with Crippen LogP contribution in [0.5, 0.6) is 11.5 Å². The summed E-state index contributed by atoms with van der Waals surface area (Å²) in [5.74, 6) is 0.692. The number of halogens is 3. The molecular weight excluding hydrogens is 687 g/mol. The van der Waals surface area contributed by atoms with Crippen LogP contribution in [0.2, 0.25) is 10.0 Å². The van der Waals surface area contributed by atoms with Crippen molar-refractivity contribution < 1.29 is 19.0 Å². The molecule has 1 atom stereocenters. The van der Waals surface area contributed by atoms with Gasteiger partial charge in [0.15, 0.2) is 4.80 Å². The molecule has 0 amide bonds. The number of fused-ring (bicyclic) bond motifs is 1. The summed E-state index contributed by atoms with van der Waals surface area (Å²) >= 11 is 17.0. The lowest BCUT2D eigenvalue weighted by atomic mass is 9.95. The Balaban J connectivity index is 1.54. The number of carbonyl (C=O) groups excluding carboxylic acids is 1. The van der Waals surface area contributed by atoms with Crippen LogP contribution in [0.1, 0.15) is 50.4 Å². The smallest absolute Gasteiger partial charge is 0.338 e. The summed E-state index contributed by atoms with van der Waals surface area (Å²) in [6.07, 6.45) is 1.69. The van der Waals surface area contributed by atoms with Gasteiger partial charge in [-0.2, -0.15) is 0 Å². The lowest BCUT2D eigenvalue weighted by Crippen LogP contribution is -2.40. The molecule has 0 bridgehead atoms. The number of para-hydroxylation sites is 1. The molecule has 1 aliphatic rings. The predicted octanol–water partition coefficient (Wildman–Crippen LogP) is 7.23. The Morgan fingerprint density at radius 1 is 1.09 bits per heavy atom. The maximum Gasteiger partial charge on any atom is 0.338 e. The van der Waals surface area contributed by atoms with Gasteiger partial charge in [-0.1, -0.05) is 64.9 Å². The van der Waals surface area contributed by atoms with E-state index >= 15 is 0 Å². The molecule has 0 spiro atoms. The number of nitrogens with zero attached hydrogens (tertiary/aromatic N) is 2. The molecule has 0 fully saturated rings. The maximum atomic E-state index is 14.0. The number of hydrogen-bond donors (Lipinski definition) is 0. The molecule has 1 aromatic heterocycles. The van der Waals surface area contributed by atoms with Crippen molar-refractivity contribution in [3.8, 4) is 11.5 Å². The lowest BCUT2D eigenvalue weighted by Gasteiger charge is -2.26. The third-order valence-corrected chi connectivity index (χ3v) is 9.07.